The van der Waals surface area contributed by atoms with E-state index in [1.165, 1.54) is 0 Å². The standard InChI is InChI=1S/C13H11Cl3N2O2/c1-6(2)9-11(16)17-13(20)18(12(9)19)10-7(14)4-3-5-8(10)15/h3-6H,1-2H3,(H,17,20). The first-order chi connectivity index (χ1) is 9.34. The molecule has 0 unspecified atom stereocenters. The molecule has 0 amide bonds. The number of nitrogens with one attached hydrogen (secondary N) is 1. The predicted octanol–water partition coefficient (Wildman–Crippen LogP) is 3.61. The van der Waals surface area contributed by atoms with Crippen LogP contribution in [0.3, 0.4) is 0 Å². The summed E-state index contributed by atoms with van der Waals surface area (Å²) in [6.45, 7) is 3.61. The van der Waals surface area contributed by atoms with E-state index >= 15 is 0 Å². The monoisotopic (exact) mass is 332 g/mol. The third kappa shape index (κ3) is 2.51. The minimum Gasteiger partial charge on any atom is -0.297 e. The molecule has 0 saturated carbocycles. The Hall–Kier alpha value is -1.23. The number of para-hydroxylation sites is 1. The Kier molecular flexibility index (Phi) is 4.28. The maximum atomic E-state index is 12.5. The summed E-state index contributed by atoms with van der Waals surface area (Å²) in [6.07, 6.45) is 0. The summed E-state index contributed by atoms with van der Waals surface area (Å²) in [5, 5.41) is 0.457. The first-order valence-electron chi connectivity index (χ1n) is 5.83. The molecule has 0 aliphatic rings. The highest BCUT2D eigenvalue weighted by molar-refractivity contribution is 6.37. The van der Waals surface area contributed by atoms with E-state index in [0.717, 1.165) is 4.57 Å². The van der Waals surface area contributed by atoms with Crippen molar-refractivity contribution in [2.24, 2.45) is 0 Å². The van der Waals surface area contributed by atoms with Crippen LogP contribution in [0, 0.1) is 0 Å². The number of rotatable bonds is 2. The van der Waals surface area contributed by atoms with E-state index in [-0.39, 0.29) is 26.8 Å². The summed E-state index contributed by atoms with van der Waals surface area (Å²) < 4.78 is 0.909. The van der Waals surface area contributed by atoms with E-state index in [1.54, 1.807) is 32.0 Å². The Morgan fingerprint density at radius 2 is 1.65 bits per heavy atom. The molecule has 2 rings (SSSR count). The van der Waals surface area contributed by atoms with Crippen molar-refractivity contribution < 1.29 is 0 Å². The highest BCUT2D eigenvalue weighted by Crippen LogP contribution is 2.27. The highest BCUT2D eigenvalue weighted by Gasteiger charge is 2.19. The summed E-state index contributed by atoms with van der Waals surface area (Å²) in [6, 6.07) is 4.74. The average molecular weight is 334 g/mol. The van der Waals surface area contributed by atoms with Gasteiger partial charge in [-0.25, -0.2) is 9.36 Å². The number of hydrogen-bond donors (Lipinski definition) is 1. The summed E-state index contributed by atoms with van der Waals surface area (Å²) in [7, 11) is 0. The molecule has 7 heteroatoms. The topological polar surface area (TPSA) is 54.9 Å². The van der Waals surface area contributed by atoms with Crippen LogP contribution < -0.4 is 11.2 Å². The molecule has 0 atom stereocenters. The van der Waals surface area contributed by atoms with Crippen molar-refractivity contribution in [2.75, 3.05) is 0 Å². The van der Waals surface area contributed by atoms with Gasteiger partial charge < -0.3 is 0 Å². The molecular weight excluding hydrogens is 323 g/mol. The Balaban J connectivity index is 2.93. The summed E-state index contributed by atoms with van der Waals surface area (Å²) >= 11 is 18.0. The van der Waals surface area contributed by atoms with E-state index in [1.807, 2.05) is 0 Å². The SMILES string of the molecule is CC(C)c1c(Cl)[nH]c(=O)n(-c2c(Cl)cccc2Cl)c1=O. The largest absolute Gasteiger partial charge is 0.334 e. The van der Waals surface area contributed by atoms with Crippen LogP contribution in [-0.2, 0) is 0 Å². The van der Waals surface area contributed by atoms with Crippen molar-refractivity contribution in [1.82, 2.24) is 9.55 Å². The lowest BCUT2D eigenvalue weighted by molar-refractivity contribution is 0.777. The normalized spacial score (nSPS) is 11.1. The van der Waals surface area contributed by atoms with Crippen molar-refractivity contribution in [3.63, 3.8) is 0 Å². The molecule has 1 N–H and O–H groups in total. The Morgan fingerprint density at radius 3 is 2.15 bits per heavy atom. The lowest BCUT2D eigenvalue weighted by Crippen LogP contribution is -2.36. The van der Waals surface area contributed by atoms with Crippen LogP contribution in [0.1, 0.15) is 25.3 Å². The van der Waals surface area contributed by atoms with Gasteiger partial charge in [0.05, 0.1) is 21.3 Å². The number of halogens is 3. The fourth-order valence-corrected chi connectivity index (χ4v) is 2.88. The average Bonchev–Trinajstić information content (AvgIpc) is 2.31. The van der Waals surface area contributed by atoms with Gasteiger partial charge in [0, 0.05) is 0 Å². The molecule has 0 spiro atoms. The van der Waals surface area contributed by atoms with Gasteiger partial charge in [-0.3, -0.25) is 9.78 Å². The quantitative estimate of drug-likeness (QED) is 0.854. The smallest absolute Gasteiger partial charge is 0.297 e. The number of benzene rings is 1. The zero-order valence-electron chi connectivity index (χ0n) is 10.7. The minimum atomic E-state index is -0.681. The van der Waals surface area contributed by atoms with E-state index < -0.39 is 11.2 Å². The number of nitrogens with zero attached hydrogens (tertiary/aromatic N) is 1. The minimum absolute atomic E-state index is 0.0365. The zero-order chi connectivity index (χ0) is 15.0. The summed E-state index contributed by atoms with van der Waals surface area (Å²) in [5.74, 6) is -0.153. The van der Waals surface area contributed by atoms with Gasteiger partial charge in [0.15, 0.2) is 0 Å². The molecule has 0 bridgehead atoms. The Morgan fingerprint density at radius 1 is 1.10 bits per heavy atom. The molecule has 0 fully saturated rings. The second-order valence-corrected chi connectivity index (χ2v) is 5.72. The molecule has 106 valence electrons. The third-order valence-electron chi connectivity index (χ3n) is 2.83. The fraction of sp³-hybridized carbons (Fsp3) is 0.231. The summed E-state index contributed by atoms with van der Waals surface area (Å²) in [5.41, 5.74) is -0.744. The maximum Gasteiger partial charge on any atom is 0.334 e. The van der Waals surface area contributed by atoms with Gasteiger partial charge in [-0.15, -0.1) is 0 Å². The highest BCUT2D eigenvalue weighted by atomic mass is 35.5. The molecule has 20 heavy (non-hydrogen) atoms. The first-order valence-corrected chi connectivity index (χ1v) is 6.97. The molecule has 1 heterocycles. The van der Waals surface area contributed by atoms with Gasteiger partial charge in [0.25, 0.3) is 5.56 Å². The van der Waals surface area contributed by atoms with Crippen molar-refractivity contribution in [3.05, 3.63) is 59.8 Å². The van der Waals surface area contributed by atoms with E-state index in [0.29, 0.717) is 5.56 Å². The molecule has 1 aromatic heterocycles. The molecule has 4 nitrogen and oxygen atoms in total. The van der Waals surface area contributed by atoms with E-state index in [4.69, 9.17) is 34.8 Å². The van der Waals surface area contributed by atoms with Crippen LogP contribution in [0.2, 0.25) is 15.2 Å². The van der Waals surface area contributed by atoms with Gasteiger partial charge in [-0.1, -0.05) is 54.7 Å². The number of aromatic amines is 1. The Bertz CT molecular complexity index is 758. The van der Waals surface area contributed by atoms with Crippen LogP contribution in [0.4, 0.5) is 0 Å². The lowest BCUT2D eigenvalue weighted by atomic mass is 10.1. The van der Waals surface area contributed by atoms with Gasteiger partial charge in [0.2, 0.25) is 0 Å². The molecule has 0 radical (unpaired) electrons. The zero-order valence-corrected chi connectivity index (χ0v) is 13.0. The van der Waals surface area contributed by atoms with Crippen LogP contribution in [-0.4, -0.2) is 9.55 Å². The molecule has 1 aromatic carbocycles. The van der Waals surface area contributed by atoms with Gasteiger partial charge in [-0.05, 0) is 18.1 Å². The molecular formula is C13H11Cl3N2O2. The van der Waals surface area contributed by atoms with Crippen molar-refractivity contribution >= 4 is 34.8 Å². The number of H-pyrrole nitrogens is 1. The lowest BCUT2D eigenvalue weighted by Gasteiger charge is -2.13. The van der Waals surface area contributed by atoms with Gasteiger partial charge >= 0.3 is 5.69 Å². The maximum absolute atomic E-state index is 12.5. The second kappa shape index (κ2) is 5.64. The first kappa shape index (κ1) is 15.2. The molecule has 0 aliphatic carbocycles. The van der Waals surface area contributed by atoms with E-state index in [2.05, 4.69) is 4.98 Å². The molecule has 2 aromatic rings. The van der Waals surface area contributed by atoms with E-state index in [9.17, 15) is 9.59 Å². The van der Waals surface area contributed by atoms with Crippen molar-refractivity contribution in [1.29, 1.82) is 0 Å². The number of aromatic nitrogens is 2. The second-order valence-electron chi connectivity index (χ2n) is 4.52. The predicted molar refractivity (Wildman–Crippen MR) is 81.8 cm³/mol. The molecule has 0 saturated heterocycles. The third-order valence-corrected chi connectivity index (χ3v) is 3.74. The summed E-state index contributed by atoms with van der Waals surface area (Å²) in [4.78, 5) is 27.0. The van der Waals surface area contributed by atoms with Crippen molar-refractivity contribution in [2.45, 2.75) is 19.8 Å². The van der Waals surface area contributed by atoms with Crippen LogP contribution in [0.15, 0.2) is 27.8 Å². The molecule has 0 aliphatic heterocycles. The van der Waals surface area contributed by atoms with Gasteiger partial charge in [0.1, 0.15) is 5.15 Å². The van der Waals surface area contributed by atoms with Crippen LogP contribution in [0.5, 0.6) is 0 Å². The van der Waals surface area contributed by atoms with Crippen LogP contribution in [0.25, 0.3) is 5.69 Å². The van der Waals surface area contributed by atoms with Crippen molar-refractivity contribution in [3.8, 4) is 5.69 Å². The van der Waals surface area contributed by atoms with Gasteiger partial charge in [-0.2, -0.15) is 0 Å². The Labute approximate surface area is 129 Å². The number of hydrogen-bond acceptors (Lipinski definition) is 2. The fourth-order valence-electron chi connectivity index (χ4n) is 1.93. The van der Waals surface area contributed by atoms with Crippen LogP contribution >= 0.6 is 34.8 Å².